The summed E-state index contributed by atoms with van der Waals surface area (Å²) in [6.07, 6.45) is 8.01. The first kappa shape index (κ1) is 16.3. The predicted octanol–water partition coefficient (Wildman–Crippen LogP) is 1.71. The quantitative estimate of drug-likeness (QED) is 0.785. The Morgan fingerprint density at radius 1 is 1.24 bits per heavy atom. The highest BCUT2D eigenvalue weighted by Crippen LogP contribution is 2.27. The van der Waals surface area contributed by atoms with Crippen molar-refractivity contribution in [1.82, 2.24) is 10.2 Å². The molecule has 1 saturated carbocycles. The number of carbonyl (C=O) groups excluding carboxylic acids is 2. The summed E-state index contributed by atoms with van der Waals surface area (Å²) in [7, 11) is 0. The molecule has 5 nitrogen and oxygen atoms in total. The highest BCUT2D eigenvalue weighted by atomic mass is 16.5. The summed E-state index contributed by atoms with van der Waals surface area (Å²) < 4.78 is 5.08. The highest BCUT2D eigenvalue weighted by molar-refractivity contribution is 5.85. The van der Waals surface area contributed by atoms with Crippen LogP contribution in [0.15, 0.2) is 0 Å². The molecule has 1 aliphatic heterocycles. The zero-order chi connectivity index (χ0) is 15.1. The Bertz CT molecular complexity index is 353. The number of hydrogen-bond acceptors (Lipinski definition) is 4. The van der Waals surface area contributed by atoms with Crippen LogP contribution in [0.3, 0.4) is 0 Å². The zero-order valence-corrected chi connectivity index (χ0v) is 13.1. The van der Waals surface area contributed by atoms with Gasteiger partial charge in [-0.1, -0.05) is 32.1 Å². The number of nitrogens with one attached hydrogen (secondary N) is 1. The molecule has 2 fully saturated rings. The van der Waals surface area contributed by atoms with Gasteiger partial charge in [-0.05, 0) is 19.3 Å². The lowest BCUT2D eigenvalue weighted by Crippen LogP contribution is -2.57. The fourth-order valence-corrected chi connectivity index (χ4v) is 3.40. The molecule has 1 amide bonds. The Labute approximate surface area is 127 Å². The fourth-order valence-electron chi connectivity index (χ4n) is 3.40. The largest absolute Gasteiger partial charge is 0.464 e. The molecule has 21 heavy (non-hydrogen) atoms. The number of ether oxygens (including phenoxy) is 1. The molecule has 0 aromatic heterocycles. The van der Waals surface area contributed by atoms with Gasteiger partial charge in [-0.3, -0.25) is 4.79 Å². The molecular weight excluding hydrogens is 268 g/mol. The van der Waals surface area contributed by atoms with Gasteiger partial charge in [0.1, 0.15) is 6.04 Å². The Morgan fingerprint density at radius 2 is 2.00 bits per heavy atom. The van der Waals surface area contributed by atoms with E-state index >= 15 is 0 Å². The third-order valence-corrected chi connectivity index (χ3v) is 4.61. The average Bonchev–Trinajstić information content (AvgIpc) is 2.54. The van der Waals surface area contributed by atoms with Gasteiger partial charge in [-0.2, -0.15) is 0 Å². The smallest absolute Gasteiger partial charge is 0.330 e. The maximum absolute atomic E-state index is 12.5. The molecule has 1 unspecified atom stereocenters. The summed E-state index contributed by atoms with van der Waals surface area (Å²) in [5.41, 5.74) is 0. The minimum Gasteiger partial charge on any atom is -0.464 e. The van der Waals surface area contributed by atoms with E-state index < -0.39 is 6.04 Å². The van der Waals surface area contributed by atoms with E-state index in [0.29, 0.717) is 32.0 Å². The fraction of sp³-hybridized carbons (Fsp3) is 0.875. The monoisotopic (exact) mass is 296 g/mol. The zero-order valence-electron chi connectivity index (χ0n) is 13.1. The van der Waals surface area contributed by atoms with E-state index in [0.717, 1.165) is 13.0 Å². The van der Waals surface area contributed by atoms with Crippen molar-refractivity contribution >= 4 is 11.9 Å². The third kappa shape index (κ3) is 4.70. The van der Waals surface area contributed by atoms with Gasteiger partial charge in [0.05, 0.1) is 6.61 Å². The molecule has 2 aliphatic rings. The molecule has 1 N–H and O–H groups in total. The summed E-state index contributed by atoms with van der Waals surface area (Å²) >= 11 is 0. The topological polar surface area (TPSA) is 58.6 Å². The van der Waals surface area contributed by atoms with Crippen LogP contribution < -0.4 is 5.32 Å². The van der Waals surface area contributed by atoms with E-state index in [2.05, 4.69) is 5.32 Å². The van der Waals surface area contributed by atoms with Crippen LogP contribution in [-0.2, 0) is 14.3 Å². The van der Waals surface area contributed by atoms with Gasteiger partial charge in [-0.25, -0.2) is 4.79 Å². The Kier molecular flexibility index (Phi) is 6.49. The van der Waals surface area contributed by atoms with Crippen molar-refractivity contribution in [3.63, 3.8) is 0 Å². The SMILES string of the molecule is CCOC(=O)C1CNCCN1C(=O)CCC1CCCCC1. The number of esters is 1. The van der Waals surface area contributed by atoms with E-state index in [1.807, 2.05) is 0 Å². The number of hydrogen-bond donors (Lipinski definition) is 1. The normalized spacial score (nSPS) is 23.9. The van der Waals surface area contributed by atoms with E-state index in [9.17, 15) is 9.59 Å². The minimum absolute atomic E-state index is 0.111. The first-order valence-electron chi connectivity index (χ1n) is 8.39. The van der Waals surface area contributed by atoms with E-state index in [1.54, 1.807) is 11.8 Å². The van der Waals surface area contributed by atoms with Gasteiger partial charge in [0, 0.05) is 26.1 Å². The van der Waals surface area contributed by atoms with Crippen LogP contribution in [0.1, 0.15) is 51.9 Å². The molecular formula is C16H28N2O3. The van der Waals surface area contributed by atoms with Gasteiger partial charge < -0.3 is 15.0 Å². The van der Waals surface area contributed by atoms with Crippen molar-refractivity contribution in [3.05, 3.63) is 0 Å². The second-order valence-corrected chi connectivity index (χ2v) is 6.10. The van der Waals surface area contributed by atoms with Gasteiger partial charge in [0.25, 0.3) is 0 Å². The third-order valence-electron chi connectivity index (χ3n) is 4.61. The number of amides is 1. The molecule has 120 valence electrons. The lowest BCUT2D eigenvalue weighted by Gasteiger charge is -2.35. The Balaban J connectivity index is 1.84. The van der Waals surface area contributed by atoms with Crippen LogP contribution in [0.25, 0.3) is 0 Å². The molecule has 1 heterocycles. The first-order chi connectivity index (χ1) is 10.2. The number of rotatable bonds is 5. The van der Waals surface area contributed by atoms with Crippen molar-refractivity contribution in [1.29, 1.82) is 0 Å². The van der Waals surface area contributed by atoms with Gasteiger partial charge >= 0.3 is 5.97 Å². The minimum atomic E-state index is -0.447. The van der Waals surface area contributed by atoms with Crippen molar-refractivity contribution < 1.29 is 14.3 Å². The molecule has 1 atom stereocenters. The summed E-state index contributed by atoms with van der Waals surface area (Å²) in [4.78, 5) is 26.1. The molecule has 5 heteroatoms. The van der Waals surface area contributed by atoms with Crippen molar-refractivity contribution in [3.8, 4) is 0 Å². The second-order valence-electron chi connectivity index (χ2n) is 6.10. The summed E-state index contributed by atoms with van der Waals surface area (Å²) in [5, 5.41) is 3.17. The van der Waals surface area contributed by atoms with Crippen LogP contribution in [0, 0.1) is 5.92 Å². The van der Waals surface area contributed by atoms with Gasteiger partial charge in [-0.15, -0.1) is 0 Å². The van der Waals surface area contributed by atoms with Crippen molar-refractivity contribution in [2.24, 2.45) is 5.92 Å². The number of carbonyl (C=O) groups is 2. The maximum Gasteiger partial charge on any atom is 0.330 e. The van der Waals surface area contributed by atoms with Crippen LogP contribution in [0.5, 0.6) is 0 Å². The van der Waals surface area contributed by atoms with Crippen LogP contribution >= 0.6 is 0 Å². The van der Waals surface area contributed by atoms with E-state index in [1.165, 1.54) is 32.1 Å². The van der Waals surface area contributed by atoms with Crippen LogP contribution in [0.2, 0.25) is 0 Å². The lowest BCUT2D eigenvalue weighted by molar-refractivity contribution is -0.156. The Hall–Kier alpha value is -1.10. The van der Waals surface area contributed by atoms with Crippen molar-refractivity contribution in [2.45, 2.75) is 57.9 Å². The molecule has 0 radical (unpaired) electrons. The standard InChI is InChI=1S/C16H28N2O3/c1-2-21-16(20)14-12-17-10-11-18(14)15(19)9-8-13-6-4-3-5-7-13/h13-14,17H,2-12H2,1H3. The van der Waals surface area contributed by atoms with E-state index in [-0.39, 0.29) is 11.9 Å². The van der Waals surface area contributed by atoms with Crippen LogP contribution in [-0.4, -0.2) is 49.1 Å². The van der Waals surface area contributed by atoms with E-state index in [4.69, 9.17) is 4.74 Å². The summed E-state index contributed by atoms with van der Waals surface area (Å²) in [5.74, 6) is 0.530. The molecule has 0 spiro atoms. The molecule has 0 bridgehead atoms. The molecule has 0 aromatic rings. The number of nitrogens with zero attached hydrogens (tertiary/aromatic N) is 1. The second kappa shape index (κ2) is 8.37. The highest BCUT2D eigenvalue weighted by Gasteiger charge is 2.33. The molecule has 1 aliphatic carbocycles. The predicted molar refractivity (Wildman–Crippen MR) is 80.8 cm³/mol. The number of piperazine rings is 1. The van der Waals surface area contributed by atoms with Crippen LogP contribution in [0.4, 0.5) is 0 Å². The molecule has 1 saturated heterocycles. The summed E-state index contributed by atoms with van der Waals surface area (Å²) in [6.45, 7) is 4.02. The summed E-state index contributed by atoms with van der Waals surface area (Å²) in [6, 6.07) is -0.447. The van der Waals surface area contributed by atoms with Crippen molar-refractivity contribution in [2.75, 3.05) is 26.2 Å². The maximum atomic E-state index is 12.5. The molecule has 0 aromatic carbocycles. The molecule has 2 rings (SSSR count). The van der Waals surface area contributed by atoms with Gasteiger partial charge in [0.2, 0.25) is 5.91 Å². The van der Waals surface area contributed by atoms with Gasteiger partial charge in [0.15, 0.2) is 0 Å². The average molecular weight is 296 g/mol. The Morgan fingerprint density at radius 3 is 2.71 bits per heavy atom. The lowest BCUT2D eigenvalue weighted by atomic mass is 9.86. The first-order valence-corrected chi connectivity index (χ1v) is 8.39.